The normalized spacial score (nSPS) is 14.4. The van der Waals surface area contributed by atoms with Crippen LogP contribution in [0.2, 0.25) is 0 Å². The molecule has 6 aromatic heterocycles. The van der Waals surface area contributed by atoms with Crippen LogP contribution >= 0.6 is 0 Å². The van der Waals surface area contributed by atoms with Crippen LogP contribution in [0, 0.1) is 0 Å². The topological polar surface area (TPSA) is 158 Å². The number of rotatable bonds is 5. The van der Waals surface area contributed by atoms with Gasteiger partial charge < -0.3 is 11.1 Å². The molecule has 1 aromatic carbocycles. The summed E-state index contributed by atoms with van der Waals surface area (Å²) < 4.78 is 3.72. The first-order valence-electron chi connectivity index (χ1n) is 13.5. The Labute approximate surface area is 238 Å². The second-order valence-electron chi connectivity index (χ2n) is 10.1. The van der Waals surface area contributed by atoms with Crippen LogP contribution in [0.1, 0.15) is 33.9 Å². The summed E-state index contributed by atoms with van der Waals surface area (Å²) in [6, 6.07) is 17.3. The van der Waals surface area contributed by atoms with Crippen molar-refractivity contribution >= 4 is 33.9 Å². The van der Waals surface area contributed by atoms with Gasteiger partial charge in [0.05, 0.1) is 23.4 Å². The minimum Gasteiger partial charge on any atom is -0.383 e. The zero-order valence-electron chi connectivity index (χ0n) is 22.1. The molecule has 0 saturated heterocycles. The maximum absolute atomic E-state index is 13.1. The molecule has 0 fully saturated rings. The van der Waals surface area contributed by atoms with Gasteiger partial charge in [0.25, 0.3) is 5.91 Å². The van der Waals surface area contributed by atoms with Gasteiger partial charge in [-0.25, -0.2) is 24.6 Å². The highest BCUT2D eigenvalue weighted by Gasteiger charge is 2.26. The summed E-state index contributed by atoms with van der Waals surface area (Å²) >= 11 is 0. The molecule has 0 saturated carbocycles. The Morgan fingerprint density at radius 3 is 2.86 bits per heavy atom. The van der Waals surface area contributed by atoms with E-state index in [1.807, 2.05) is 47.2 Å². The summed E-state index contributed by atoms with van der Waals surface area (Å²) in [6.07, 6.45) is 10.1. The number of aromatic nitrogens is 9. The molecule has 1 atom stereocenters. The molecule has 0 aliphatic heterocycles. The van der Waals surface area contributed by atoms with Crippen molar-refractivity contribution in [1.29, 1.82) is 0 Å². The van der Waals surface area contributed by atoms with Gasteiger partial charge in [-0.05, 0) is 72.5 Å². The van der Waals surface area contributed by atoms with Gasteiger partial charge in [-0.1, -0.05) is 6.07 Å². The monoisotopic (exact) mass is 553 g/mol. The van der Waals surface area contributed by atoms with E-state index >= 15 is 0 Å². The molecule has 0 spiro atoms. The highest BCUT2D eigenvalue weighted by atomic mass is 16.1. The van der Waals surface area contributed by atoms with E-state index < -0.39 is 0 Å². The first kappa shape index (κ1) is 23.9. The number of nitrogens with two attached hydrogens (primary N) is 1. The number of aryl methyl sites for hydroxylation is 1. The van der Waals surface area contributed by atoms with Crippen molar-refractivity contribution < 1.29 is 4.79 Å². The fourth-order valence-electron chi connectivity index (χ4n) is 5.61. The summed E-state index contributed by atoms with van der Waals surface area (Å²) in [5.74, 6) is 1.53. The number of fused-ring (bicyclic) bond motifs is 3. The summed E-state index contributed by atoms with van der Waals surface area (Å²) in [5.41, 5.74) is 12.7. The number of anilines is 1. The molecule has 1 amide bonds. The molecule has 1 aliphatic carbocycles. The maximum Gasteiger partial charge on any atom is 0.253 e. The minimum atomic E-state index is -0.169. The standard InChI is InChI=1S/C30H23N11O/c31-26-22(3-1-10-32-26)28-36-24-8-9-25(40-12-2-11-35-40)38-29(24)41(28)20-5-6-21-17(14-20)4-7-23(21)37-30(42)19-13-18-16-34-39-27(18)33-15-19/h1-3,5-6,8-16,23H,4,7H2,(H2,31,32)(H,37,42)(H,33,34,39)/t23-/m0/s1. The van der Waals surface area contributed by atoms with E-state index in [2.05, 4.69) is 42.7 Å². The number of aromatic amines is 1. The van der Waals surface area contributed by atoms with E-state index in [-0.39, 0.29) is 11.9 Å². The molecule has 0 unspecified atom stereocenters. The Morgan fingerprint density at radius 1 is 1.02 bits per heavy atom. The van der Waals surface area contributed by atoms with E-state index in [1.165, 1.54) is 0 Å². The van der Waals surface area contributed by atoms with Gasteiger partial charge in [-0.3, -0.25) is 14.5 Å². The molecule has 204 valence electrons. The summed E-state index contributed by atoms with van der Waals surface area (Å²) in [7, 11) is 0. The quantitative estimate of drug-likeness (QED) is 0.289. The van der Waals surface area contributed by atoms with Gasteiger partial charge in [0, 0.05) is 35.9 Å². The predicted octanol–water partition coefficient (Wildman–Crippen LogP) is 3.94. The lowest BCUT2D eigenvalue weighted by atomic mass is 10.1. The van der Waals surface area contributed by atoms with Crippen LogP contribution in [-0.4, -0.2) is 50.4 Å². The molecule has 8 rings (SSSR count). The number of carbonyl (C=O) groups excluding carboxylic acids is 1. The number of H-pyrrole nitrogens is 1. The highest BCUT2D eigenvalue weighted by molar-refractivity contribution is 5.97. The van der Waals surface area contributed by atoms with Crippen LogP contribution in [0.25, 0.3) is 45.1 Å². The van der Waals surface area contributed by atoms with Gasteiger partial charge in [0.15, 0.2) is 22.9 Å². The summed E-state index contributed by atoms with van der Waals surface area (Å²) in [6.45, 7) is 0. The lowest BCUT2D eigenvalue weighted by Crippen LogP contribution is -2.27. The lowest BCUT2D eigenvalue weighted by Gasteiger charge is -2.16. The number of imidazole rings is 1. The average Bonchev–Trinajstić information content (AvgIpc) is 3.83. The Hall–Kier alpha value is -5.91. The molecular weight excluding hydrogens is 530 g/mol. The number of nitrogen functional groups attached to an aromatic ring is 1. The van der Waals surface area contributed by atoms with Crippen LogP contribution in [0.5, 0.6) is 0 Å². The minimum absolute atomic E-state index is 0.112. The van der Waals surface area contributed by atoms with Gasteiger partial charge in [-0.2, -0.15) is 10.2 Å². The van der Waals surface area contributed by atoms with Crippen molar-refractivity contribution in [2.75, 3.05) is 5.73 Å². The molecule has 42 heavy (non-hydrogen) atoms. The fourth-order valence-corrected chi connectivity index (χ4v) is 5.61. The zero-order chi connectivity index (χ0) is 28.2. The maximum atomic E-state index is 13.1. The molecule has 0 radical (unpaired) electrons. The molecule has 0 bridgehead atoms. The van der Waals surface area contributed by atoms with Crippen LogP contribution in [0.4, 0.5) is 5.82 Å². The van der Waals surface area contributed by atoms with Crippen LogP contribution in [-0.2, 0) is 6.42 Å². The molecule has 12 nitrogen and oxygen atoms in total. The molecule has 7 aromatic rings. The molecule has 6 heterocycles. The first-order chi connectivity index (χ1) is 20.6. The Morgan fingerprint density at radius 2 is 1.98 bits per heavy atom. The van der Waals surface area contributed by atoms with E-state index in [4.69, 9.17) is 15.7 Å². The second kappa shape index (κ2) is 9.34. The molecule has 1 aliphatic rings. The number of nitrogens with one attached hydrogen (secondary N) is 2. The molecule has 4 N–H and O–H groups in total. The predicted molar refractivity (Wildman–Crippen MR) is 156 cm³/mol. The van der Waals surface area contributed by atoms with Gasteiger partial charge in [0.2, 0.25) is 0 Å². The van der Waals surface area contributed by atoms with Crippen molar-refractivity contribution in [2.24, 2.45) is 0 Å². The van der Waals surface area contributed by atoms with E-state index in [1.54, 1.807) is 35.5 Å². The first-order valence-corrected chi connectivity index (χ1v) is 13.5. The van der Waals surface area contributed by atoms with Crippen molar-refractivity contribution in [3.05, 3.63) is 102 Å². The van der Waals surface area contributed by atoms with E-state index in [9.17, 15) is 4.79 Å². The zero-order valence-corrected chi connectivity index (χ0v) is 22.1. The van der Waals surface area contributed by atoms with Crippen molar-refractivity contribution in [3.8, 4) is 22.9 Å². The van der Waals surface area contributed by atoms with Crippen LogP contribution in [0.3, 0.4) is 0 Å². The Bertz CT molecular complexity index is 2130. The highest BCUT2D eigenvalue weighted by Crippen LogP contribution is 2.36. The summed E-state index contributed by atoms with van der Waals surface area (Å²) in [4.78, 5) is 31.6. The fraction of sp³-hybridized carbons (Fsp3) is 0.100. The van der Waals surface area contributed by atoms with Gasteiger partial charge >= 0.3 is 0 Å². The van der Waals surface area contributed by atoms with E-state index in [0.29, 0.717) is 39.9 Å². The van der Waals surface area contributed by atoms with Crippen LogP contribution < -0.4 is 11.1 Å². The number of pyridine rings is 3. The molecule has 12 heteroatoms. The largest absolute Gasteiger partial charge is 0.383 e. The van der Waals surface area contributed by atoms with Crippen LogP contribution in [0.15, 0.2) is 85.6 Å². The number of carbonyl (C=O) groups is 1. The average molecular weight is 554 g/mol. The third kappa shape index (κ3) is 3.88. The number of hydrogen-bond acceptors (Lipinski definition) is 8. The molecular formula is C30H23N11O. The summed E-state index contributed by atoms with van der Waals surface area (Å²) in [5, 5.41) is 15.1. The second-order valence-corrected chi connectivity index (χ2v) is 10.1. The van der Waals surface area contributed by atoms with Crippen molar-refractivity contribution in [3.63, 3.8) is 0 Å². The number of amides is 1. The Balaban J connectivity index is 1.19. The smallest absolute Gasteiger partial charge is 0.253 e. The van der Waals surface area contributed by atoms with Crippen molar-refractivity contribution in [2.45, 2.75) is 18.9 Å². The lowest BCUT2D eigenvalue weighted by molar-refractivity contribution is 0.0936. The number of hydrogen-bond donors (Lipinski definition) is 3. The Kier molecular flexibility index (Phi) is 5.32. The van der Waals surface area contributed by atoms with Crippen molar-refractivity contribution in [1.82, 2.24) is 49.8 Å². The van der Waals surface area contributed by atoms with Gasteiger partial charge in [0.1, 0.15) is 11.3 Å². The van der Waals surface area contributed by atoms with E-state index in [0.717, 1.165) is 40.6 Å². The third-order valence-corrected chi connectivity index (χ3v) is 7.63. The third-order valence-electron chi connectivity index (χ3n) is 7.63. The van der Waals surface area contributed by atoms with Gasteiger partial charge in [-0.15, -0.1) is 0 Å². The number of nitrogens with zero attached hydrogens (tertiary/aromatic N) is 8. The number of benzene rings is 1. The SMILES string of the molecule is Nc1ncccc1-c1nc2ccc(-n3cccn3)nc2n1-c1ccc2c(c1)CC[C@@H]2NC(=O)c1cnc2[nH]ncc2c1.